The van der Waals surface area contributed by atoms with E-state index in [1.807, 2.05) is 0 Å². The Morgan fingerprint density at radius 3 is 2.33 bits per heavy atom. The van der Waals surface area contributed by atoms with Crippen LogP contribution in [-0.4, -0.2) is 67.5 Å². The highest BCUT2D eigenvalue weighted by Crippen LogP contribution is 2.20. The van der Waals surface area contributed by atoms with Gasteiger partial charge >= 0.3 is 0 Å². The molecular formula is C13H26N4S. The van der Waals surface area contributed by atoms with E-state index in [1.165, 1.54) is 39.0 Å². The molecular weight excluding hydrogens is 244 g/mol. The minimum atomic E-state index is 0.715. The van der Waals surface area contributed by atoms with Crippen molar-refractivity contribution in [3.63, 3.8) is 0 Å². The molecule has 2 aliphatic heterocycles. The zero-order valence-electron chi connectivity index (χ0n) is 11.6. The number of hydrogen-bond donors (Lipinski definition) is 1. The first kappa shape index (κ1) is 14.2. The zero-order chi connectivity index (χ0) is 13.0. The van der Waals surface area contributed by atoms with Gasteiger partial charge in [0.1, 0.15) is 0 Å². The number of rotatable bonds is 4. The summed E-state index contributed by atoms with van der Waals surface area (Å²) in [7, 11) is 4.37. The lowest BCUT2D eigenvalue weighted by Crippen LogP contribution is -2.18. The SMILES string of the molecule is CN1CCC(CN=C(N)SCC2CCN(C)C2)C1. The minimum Gasteiger partial charge on any atom is -0.379 e. The molecule has 0 spiro atoms. The second-order valence-electron chi connectivity index (χ2n) is 5.82. The number of amidine groups is 1. The van der Waals surface area contributed by atoms with E-state index in [1.54, 1.807) is 11.8 Å². The maximum Gasteiger partial charge on any atom is 0.153 e. The standard InChI is InChI=1S/C13H26N4S/c1-16-5-3-11(8-16)7-15-13(14)18-10-12-4-6-17(2)9-12/h11-12H,3-10H2,1-2H3,(H2,14,15). The van der Waals surface area contributed by atoms with Crippen LogP contribution < -0.4 is 5.73 Å². The summed E-state index contributed by atoms with van der Waals surface area (Å²) in [5, 5.41) is 0.791. The van der Waals surface area contributed by atoms with Crippen LogP contribution >= 0.6 is 11.8 Å². The van der Waals surface area contributed by atoms with E-state index in [-0.39, 0.29) is 0 Å². The van der Waals surface area contributed by atoms with E-state index >= 15 is 0 Å². The van der Waals surface area contributed by atoms with Gasteiger partial charge in [0.15, 0.2) is 5.17 Å². The molecule has 0 bridgehead atoms. The fraction of sp³-hybridized carbons (Fsp3) is 0.923. The van der Waals surface area contributed by atoms with Gasteiger partial charge in [0.2, 0.25) is 0 Å². The van der Waals surface area contributed by atoms with Gasteiger partial charge in [-0.05, 0) is 51.9 Å². The molecule has 2 aliphatic rings. The molecule has 18 heavy (non-hydrogen) atoms. The number of hydrogen-bond acceptors (Lipinski definition) is 4. The largest absolute Gasteiger partial charge is 0.379 e. The van der Waals surface area contributed by atoms with Crippen LogP contribution in [0, 0.1) is 11.8 Å². The molecule has 0 aromatic heterocycles. The molecule has 2 fully saturated rings. The predicted octanol–water partition coefficient (Wildman–Crippen LogP) is 0.938. The summed E-state index contributed by atoms with van der Waals surface area (Å²) in [4.78, 5) is 9.31. The van der Waals surface area contributed by atoms with Gasteiger partial charge in [-0.25, -0.2) is 0 Å². The Labute approximate surface area is 115 Å². The van der Waals surface area contributed by atoms with E-state index in [0.29, 0.717) is 5.92 Å². The van der Waals surface area contributed by atoms with Crippen molar-refractivity contribution in [3.8, 4) is 0 Å². The van der Waals surface area contributed by atoms with Gasteiger partial charge in [0, 0.05) is 25.4 Å². The Morgan fingerprint density at radius 2 is 1.78 bits per heavy atom. The zero-order valence-corrected chi connectivity index (χ0v) is 12.5. The summed E-state index contributed by atoms with van der Waals surface area (Å²) in [5.74, 6) is 2.64. The Bertz CT molecular complexity index is 295. The molecule has 0 amide bonds. The summed E-state index contributed by atoms with van der Waals surface area (Å²) in [6, 6.07) is 0. The van der Waals surface area contributed by atoms with Crippen LogP contribution in [0.2, 0.25) is 0 Å². The summed E-state index contributed by atoms with van der Waals surface area (Å²) in [6.45, 7) is 5.74. The van der Waals surface area contributed by atoms with Crippen LogP contribution in [0.1, 0.15) is 12.8 Å². The average Bonchev–Trinajstić information content (AvgIpc) is 2.93. The summed E-state index contributed by atoms with van der Waals surface area (Å²) >= 11 is 1.75. The average molecular weight is 270 g/mol. The number of nitrogens with zero attached hydrogens (tertiary/aromatic N) is 3. The molecule has 2 rings (SSSR count). The number of nitrogens with two attached hydrogens (primary N) is 1. The molecule has 0 radical (unpaired) electrons. The van der Waals surface area contributed by atoms with E-state index < -0.39 is 0 Å². The van der Waals surface area contributed by atoms with Gasteiger partial charge < -0.3 is 15.5 Å². The third-order valence-electron chi connectivity index (χ3n) is 3.95. The number of likely N-dealkylation sites (tertiary alicyclic amines) is 2. The fourth-order valence-electron chi connectivity index (χ4n) is 2.81. The van der Waals surface area contributed by atoms with E-state index in [9.17, 15) is 0 Å². The molecule has 2 N–H and O–H groups in total. The highest BCUT2D eigenvalue weighted by Gasteiger charge is 2.20. The van der Waals surface area contributed by atoms with Gasteiger partial charge in [0.25, 0.3) is 0 Å². The second kappa shape index (κ2) is 6.78. The molecule has 2 saturated heterocycles. The van der Waals surface area contributed by atoms with E-state index in [0.717, 1.165) is 23.4 Å². The number of aliphatic imine (C=N–C) groups is 1. The van der Waals surface area contributed by atoms with Crippen molar-refractivity contribution in [1.29, 1.82) is 0 Å². The van der Waals surface area contributed by atoms with Gasteiger partial charge in [-0.2, -0.15) is 0 Å². The van der Waals surface area contributed by atoms with Gasteiger partial charge in [0.05, 0.1) is 0 Å². The third kappa shape index (κ3) is 4.44. The predicted molar refractivity (Wildman–Crippen MR) is 80.2 cm³/mol. The van der Waals surface area contributed by atoms with Gasteiger partial charge in [-0.3, -0.25) is 4.99 Å². The highest BCUT2D eigenvalue weighted by molar-refractivity contribution is 8.13. The van der Waals surface area contributed by atoms with Crippen LogP contribution in [0.5, 0.6) is 0 Å². The Morgan fingerprint density at radius 1 is 1.17 bits per heavy atom. The quantitative estimate of drug-likeness (QED) is 0.610. The van der Waals surface area contributed by atoms with Gasteiger partial charge in [-0.15, -0.1) is 0 Å². The minimum absolute atomic E-state index is 0.715. The monoisotopic (exact) mass is 270 g/mol. The fourth-order valence-corrected chi connectivity index (χ4v) is 3.65. The first-order valence-corrected chi connectivity index (χ1v) is 7.92. The molecule has 0 aromatic carbocycles. The van der Waals surface area contributed by atoms with Crippen molar-refractivity contribution in [1.82, 2.24) is 9.80 Å². The molecule has 0 aliphatic carbocycles. The molecule has 2 atom stereocenters. The van der Waals surface area contributed by atoms with Crippen molar-refractivity contribution in [2.24, 2.45) is 22.6 Å². The number of thioether (sulfide) groups is 1. The molecule has 4 nitrogen and oxygen atoms in total. The molecule has 2 heterocycles. The maximum absolute atomic E-state index is 5.98. The van der Waals surface area contributed by atoms with Crippen LogP contribution in [-0.2, 0) is 0 Å². The lowest BCUT2D eigenvalue weighted by atomic mass is 10.1. The highest BCUT2D eigenvalue weighted by atomic mass is 32.2. The Hall–Kier alpha value is -0.260. The summed E-state index contributed by atoms with van der Waals surface area (Å²) in [6.07, 6.45) is 2.58. The van der Waals surface area contributed by atoms with Crippen molar-refractivity contribution in [3.05, 3.63) is 0 Å². The smallest absolute Gasteiger partial charge is 0.153 e. The maximum atomic E-state index is 5.98. The van der Waals surface area contributed by atoms with Crippen molar-refractivity contribution in [2.45, 2.75) is 12.8 Å². The first-order chi connectivity index (χ1) is 8.63. The van der Waals surface area contributed by atoms with Crippen molar-refractivity contribution < 1.29 is 0 Å². The molecule has 2 unspecified atom stereocenters. The second-order valence-corrected chi connectivity index (χ2v) is 6.86. The summed E-state index contributed by atoms with van der Waals surface area (Å²) < 4.78 is 0. The third-order valence-corrected chi connectivity index (χ3v) is 5.01. The lowest BCUT2D eigenvalue weighted by molar-refractivity contribution is 0.397. The van der Waals surface area contributed by atoms with Crippen molar-refractivity contribution >= 4 is 16.9 Å². The normalized spacial score (nSPS) is 31.3. The van der Waals surface area contributed by atoms with Crippen LogP contribution in [0.25, 0.3) is 0 Å². The Balaban J connectivity index is 1.63. The summed E-state index contributed by atoms with van der Waals surface area (Å²) in [5.41, 5.74) is 5.98. The van der Waals surface area contributed by atoms with Gasteiger partial charge in [-0.1, -0.05) is 11.8 Å². The first-order valence-electron chi connectivity index (χ1n) is 6.93. The molecule has 0 saturated carbocycles. The molecule has 0 aromatic rings. The molecule has 104 valence electrons. The molecule has 5 heteroatoms. The van der Waals surface area contributed by atoms with E-state index in [4.69, 9.17) is 5.73 Å². The lowest BCUT2D eigenvalue weighted by Gasteiger charge is -2.10. The van der Waals surface area contributed by atoms with Crippen molar-refractivity contribution in [2.75, 3.05) is 52.6 Å². The van der Waals surface area contributed by atoms with Crippen LogP contribution in [0.15, 0.2) is 4.99 Å². The van der Waals surface area contributed by atoms with E-state index in [2.05, 4.69) is 28.9 Å². The topological polar surface area (TPSA) is 44.9 Å². The Kier molecular flexibility index (Phi) is 5.33. The van der Waals surface area contributed by atoms with Crippen LogP contribution in [0.3, 0.4) is 0 Å². The van der Waals surface area contributed by atoms with Crippen LogP contribution in [0.4, 0.5) is 0 Å².